The summed E-state index contributed by atoms with van der Waals surface area (Å²) in [5.41, 5.74) is 3.47. The van der Waals surface area contributed by atoms with Crippen LogP contribution in [0.15, 0.2) is 54.6 Å². The summed E-state index contributed by atoms with van der Waals surface area (Å²) in [6.07, 6.45) is 0.895. The molecule has 0 atom stereocenters. The topological polar surface area (TPSA) is 54.5 Å². The number of benzene rings is 2. The molecule has 1 heterocycles. The van der Waals surface area contributed by atoms with E-state index in [9.17, 15) is 4.79 Å². The van der Waals surface area contributed by atoms with Crippen molar-refractivity contribution < 1.29 is 9.53 Å². The van der Waals surface area contributed by atoms with Gasteiger partial charge in [-0.05, 0) is 50.7 Å². The van der Waals surface area contributed by atoms with Crippen molar-refractivity contribution in [3.63, 3.8) is 0 Å². The van der Waals surface area contributed by atoms with Gasteiger partial charge in [0.05, 0.1) is 23.9 Å². The second-order valence-corrected chi connectivity index (χ2v) is 7.01. The first-order chi connectivity index (χ1) is 13.6. The van der Waals surface area contributed by atoms with Gasteiger partial charge in [-0.2, -0.15) is 0 Å². The van der Waals surface area contributed by atoms with Crippen molar-refractivity contribution in [3.8, 4) is 5.75 Å². The Morgan fingerprint density at radius 1 is 1.14 bits per heavy atom. The number of carbonyl (C=O) groups excluding carboxylic acids is 1. The van der Waals surface area contributed by atoms with Gasteiger partial charge in [-0.15, -0.1) is 0 Å². The maximum Gasteiger partial charge on any atom is 0.253 e. The quantitative estimate of drug-likeness (QED) is 0.607. The fraction of sp³-hybridized carbons (Fsp3) is 0.304. The van der Waals surface area contributed by atoms with E-state index in [0.29, 0.717) is 12.1 Å². The van der Waals surface area contributed by atoms with Gasteiger partial charge in [-0.3, -0.25) is 9.78 Å². The van der Waals surface area contributed by atoms with Crippen LogP contribution in [0.4, 0.5) is 0 Å². The number of hydrogen-bond donors (Lipinski definition) is 1. The number of hydrogen-bond acceptors (Lipinski definition) is 4. The number of carbonyl (C=O) groups is 1. The predicted octanol–water partition coefficient (Wildman–Crippen LogP) is 3.80. The average molecular weight is 377 g/mol. The molecule has 1 aromatic heterocycles. The highest BCUT2D eigenvalue weighted by atomic mass is 16.5. The Hall–Kier alpha value is -2.92. The first kappa shape index (κ1) is 19.8. The standard InChI is InChI=1S/C23H27N3O2/c1-17-21(14-19-10-11-20(28-3)15-22(19)25-17)23(27)24-12-7-13-26(2)16-18-8-5-4-6-9-18/h4-6,8-11,14-15H,7,12-13,16H2,1-3H3,(H,24,27). The third-order valence-corrected chi connectivity index (χ3v) is 4.76. The molecule has 3 rings (SSSR count). The van der Waals surface area contributed by atoms with Crippen LogP contribution in [0.1, 0.15) is 28.0 Å². The molecule has 1 N–H and O–H groups in total. The van der Waals surface area contributed by atoms with Crippen molar-refractivity contribution in [2.45, 2.75) is 19.9 Å². The maximum atomic E-state index is 12.6. The molecule has 5 heteroatoms. The number of rotatable bonds is 8. The van der Waals surface area contributed by atoms with Gasteiger partial charge in [0.25, 0.3) is 5.91 Å². The van der Waals surface area contributed by atoms with E-state index < -0.39 is 0 Å². The minimum Gasteiger partial charge on any atom is -0.497 e. The molecule has 28 heavy (non-hydrogen) atoms. The van der Waals surface area contributed by atoms with Crippen LogP contribution in [0.25, 0.3) is 10.9 Å². The van der Waals surface area contributed by atoms with Crippen LogP contribution in [-0.2, 0) is 6.54 Å². The monoisotopic (exact) mass is 377 g/mol. The number of nitrogens with one attached hydrogen (secondary N) is 1. The average Bonchev–Trinajstić information content (AvgIpc) is 2.70. The fourth-order valence-corrected chi connectivity index (χ4v) is 3.22. The Balaban J connectivity index is 1.52. The molecule has 3 aromatic rings. The van der Waals surface area contributed by atoms with Crippen molar-refractivity contribution >= 4 is 16.8 Å². The zero-order valence-corrected chi connectivity index (χ0v) is 16.7. The number of fused-ring (bicyclic) bond motifs is 1. The largest absolute Gasteiger partial charge is 0.497 e. The molecule has 0 aliphatic carbocycles. The summed E-state index contributed by atoms with van der Waals surface area (Å²) in [6, 6.07) is 18.0. The van der Waals surface area contributed by atoms with Crippen LogP contribution in [0, 0.1) is 6.92 Å². The highest BCUT2D eigenvalue weighted by molar-refractivity contribution is 5.98. The Bertz CT molecular complexity index is 941. The Morgan fingerprint density at radius 3 is 2.68 bits per heavy atom. The molecule has 0 spiro atoms. The molecule has 0 saturated heterocycles. The van der Waals surface area contributed by atoms with Gasteiger partial charge in [0.15, 0.2) is 0 Å². The van der Waals surface area contributed by atoms with Crippen molar-refractivity contribution in [1.82, 2.24) is 15.2 Å². The van der Waals surface area contributed by atoms with E-state index in [0.717, 1.165) is 41.9 Å². The van der Waals surface area contributed by atoms with E-state index >= 15 is 0 Å². The van der Waals surface area contributed by atoms with Crippen molar-refractivity contribution in [2.75, 3.05) is 27.2 Å². The normalized spacial score (nSPS) is 11.0. The number of nitrogens with zero attached hydrogens (tertiary/aromatic N) is 2. The molecule has 0 saturated carbocycles. The second-order valence-electron chi connectivity index (χ2n) is 7.01. The first-order valence-corrected chi connectivity index (χ1v) is 9.53. The predicted molar refractivity (Wildman–Crippen MR) is 113 cm³/mol. The lowest BCUT2D eigenvalue weighted by molar-refractivity contribution is 0.0951. The van der Waals surface area contributed by atoms with E-state index in [-0.39, 0.29) is 5.91 Å². The maximum absolute atomic E-state index is 12.6. The van der Waals surface area contributed by atoms with Crippen molar-refractivity contribution in [2.24, 2.45) is 0 Å². The van der Waals surface area contributed by atoms with Gasteiger partial charge >= 0.3 is 0 Å². The van der Waals surface area contributed by atoms with Crippen LogP contribution in [-0.4, -0.2) is 43.0 Å². The molecule has 1 amide bonds. The molecule has 146 valence electrons. The minimum absolute atomic E-state index is 0.0755. The highest BCUT2D eigenvalue weighted by Gasteiger charge is 2.12. The van der Waals surface area contributed by atoms with Crippen molar-refractivity contribution in [3.05, 3.63) is 71.4 Å². The lowest BCUT2D eigenvalue weighted by Gasteiger charge is -2.17. The van der Waals surface area contributed by atoms with Gasteiger partial charge in [0.1, 0.15) is 5.75 Å². The number of aromatic nitrogens is 1. The van der Waals surface area contributed by atoms with Gasteiger partial charge in [-0.25, -0.2) is 0 Å². The Labute approximate surface area is 166 Å². The number of amides is 1. The molecule has 0 unspecified atom stereocenters. The van der Waals surface area contributed by atoms with E-state index in [1.54, 1.807) is 7.11 Å². The second kappa shape index (κ2) is 9.33. The lowest BCUT2D eigenvalue weighted by Crippen LogP contribution is -2.28. The third kappa shape index (κ3) is 5.08. The molecular weight excluding hydrogens is 350 g/mol. The lowest BCUT2D eigenvalue weighted by atomic mass is 10.1. The summed E-state index contributed by atoms with van der Waals surface area (Å²) in [7, 11) is 3.73. The summed E-state index contributed by atoms with van der Waals surface area (Å²) in [5, 5.41) is 3.95. The zero-order chi connectivity index (χ0) is 19.9. The molecular formula is C23H27N3O2. The van der Waals surface area contributed by atoms with E-state index in [1.807, 2.05) is 37.3 Å². The van der Waals surface area contributed by atoms with Gasteiger partial charge in [-0.1, -0.05) is 30.3 Å². The summed E-state index contributed by atoms with van der Waals surface area (Å²) in [5.74, 6) is 0.685. The van der Waals surface area contributed by atoms with Crippen LogP contribution >= 0.6 is 0 Å². The third-order valence-electron chi connectivity index (χ3n) is 4.76. The van der Waals surface area contributed by atoms with Gasteiger partial charge in [0.2, 0.25) is 0 Å². The first-order valence-electron chi connectivity index (χ1n) is 9.53. The molecule has 2 aromatic carbocycles. The summed E-state index contributed by atoms with van der Waals surface area (Å²) in [4.78, 5) is 19.4. The van der Waals surface area contributed by atoms with Crippen LogP contribution in [0.5, 0.6) is 5.75 Å². The SMILES string of the molecule is COc1ccc2cc(C(=O)NCCCN(C)Cc3ccccc3)c(C)nc2c1. The summed E-state index contributed by atoms with van der Waals surface area (Å²) >= 11 is 0. The number of pyridine rings is 1. The number of aryl methyl sites for hydroxylation is 1. The molecule has 0 aliphatic rings. The molecule has 0 fully saturated rings. The number of ether oxygens (including phenoxy) is 1. The Morgan fingerprint density at radius 2 is 1.93 bits per heavy atom. The van der Waals surface area contributed by atoms with Crippen molar-refractivity contribution in [1.29, 1.82) is 0 Å². The summed E-state index contributed by atoms with van der Waals surface area (Å²) < 4.78 is 5.24. The van der Waals surface area contributed by atoms with Gasteiger partial charge in [0, 0.05) is 24.5 Å². The fourth-order valence-electron chi connectivity index (χ4n) is 3.22. The Kier molecular flexibility index (Phi) is 6.61. The molecule has 5 nitrogen and oxygen atoms in total. The molecule has 0 aliphatic heterocycles. The van der Waals surface area contributed by atoms with E-state index in [1.165, 1.54) is 5.56 Å². The highest BCUT2D eigenvalue weighted by Crippen LogP contribution is 2.21. The number of methoxy groups -OCH3 is 1. The zero-order valence-electron chi connectivity index (χ0n) is 16.7. The van der Waals surface area contributed by atoms with Crippen LogP contribution in [0.3, 0.4) is 0 Å². The molecule has 0 radical (unpaired) electrons. The van der Waals surface area contributed by atoms with Crippen LogP contribution in [0.2, 0.25) is 0 Å². The van der Waals surface area contributed by atoms with Gasteiger partial charge < -0.3 is 15.0 Å². The minimum atomic E-state index is -0.0755. The summed E-state index contributed by atoms with van der Waals surface area (Å²) in [6.45, 7) is 4.33. The van der Waals surface area contributed by atoms with E-state index in [2.05, 4.69) is 46.5 Å². The molecule has 0 bridgehead atoms. The van der Waals surface area contributed by atoms with Crippen LogP contribution < -0.4 is 10.1 Å². The van der Waals surface area contributed by atoms with E-state index in [4.69, 9.17) is 4.74 Å². The smallest absolute Gasteiger partial charge is 0.253 e.